The Balaban J connectivity index is 1.68. The Labute approximate surface area is 153 Å². The zero-order chi connectivity index (χ0) is 18.2. The fraction of sp³-hybridized carbons (Fsp3) is 0.136. The number of hydrogen-bond donors (Lipinski definition) is 0. The SMILES string of the molecule is CCOc1ccccc1OCC(=O)Oc1ccccc1-c1ccccc1. The van der Waals surface area contributed by atoms with Crippen LogP contribution in [0.2, 0.25) is 0 Å². The minimum atomic E-state index is -0.473. The largest absolute Gasteiger partial charge is 0.490 e. The lowest BCUT2D eigenvalue weighted by Gasteiger charge is -2.12. The van der Waals surface area contributed by atoms with Crippen molar-refractivity contribution in [2.75, 3.05) is 13.2 Å². The summed E-state index contributed by atoms with van der Waals surface area (Å²) >= 11 is 0. The molecule has 0 aromatic heterocycles. The number of esters is 1. The Morgan fingerprint density at radius 2 is 1.31 bits per heavy atom. The maximum Gasteiger partial charge on any atom is 0.349 e. The Kier molecular flexibility index (Phi) is 5.88. The fourth-order valence-electron chi connectivity index (χ4n) is 2.54. The number of para-hydroxylation sites is 3. The molecule has 0 atom stereocenters. The average Bonchev–Trinajstić information content (AvgIpc) is 2.69. The lowest BCUT2D eigenvalue weighted by molar-refractivity contribution is -0.136. The highest BCUT2D eigenvalue weighted by molar-refractivity contribution is 5.79. The summed E-state index contributed by atoms with van der Waals surface area (Å²) in [5, 5.41) is 0. The fourth-order valence-corrected chi connectivity index (χ4v) is 2.54. The molecule has 132 valence electrons. The number of carbonyl (C=O) groups is 1. The van der Waals surface area contributed by atoms with E-state index in [1.807, 2.05) is 67.6 Å². The summed E-state index contributed by atoms with van der Waals surface area (Å²) < 4.78 is 16.6. The Hall–Kier alpha value is -3.27. The molecular weight excluding hydrogens is 328 g/mol. The third-order valence-corrected chi connectivity index (χ3v) is 3.69. The lowest BCUT2D eigenvalue weighted by atomic mass is 10.1. The van der Waals surface area contributed by atoms with Gasteiger partial charge in [0.2, 0.25) is 0 Å². The van der Waals surface area contributed by atoms with Crippen molar-refractivity contribution in [3.63, 3.8) is 0 Å². The van der Waals surface area contributed by atoms with Gasteiger partial charge in [-0.3, -0.25) is 0 Å². The van der Waals surface area contributed by atoms with Crippen molar-refractivity contribution >= 4 is 5.97 Å². The third kappa shape index (κ3) is 4.42. The van der Waals surface area contributed by atoms with Crippen LogP contribution in [0.15, 0.2) is 78.9 Å². The van der Waals surface area contributed by atoms with Gasteiger partial charge in [-0.15, -0.1) is 0 Å². The maximum absolute atomic E-state index is 12.3. The van der Waals surface area contributed by atoms with Gasteiger partial charge in [-0.2, -0.15) is 0 Å². The molecule has 0 unspecified atom stereocenters. The van der Waals surface area contributed by atoms with E-state index >= 15 is 0 Å². The topological polar surface area (TPSA) is 44.8 Å². The molecule has 0 heterocycles. The van der Waals surface area contributed by atoms with Crippen molar-refractivity contribution in [2.45, 2.75) is 6.92 Å². The predicted octanol–water partition coefficient (Wildman–Crippen LogP) is 4.74. The number of ether oxygens (including phenoxy) is 3. The molecule has 0 bridgehead atoms. The van der Waals surface area contributed by atoms with Crippen LogP contribution in [0.5, 0.6) is 17.2 Å². The molecule has 0 saturated heterocycles. The van der Waals surface area contributed by atoms with E-state index in [1.165, 1.54) is 0 Å². The molecule has 0 aliphatic rings. The second-order valence-electron chi connectivity index (χ2n) is 5.50. The van der Waals surface area contributed by atoms with Crippen LogP contribution in [0.4, 0.5) is 0 Å². The van der Waals surface area contributed by atoms with Gasteiger partial charge in [-0.1, -0.05) is 60.7 Å². The van der Waals surface area contributed by atoms with Crippen LogP contribution in [0.25, 0.3) is 11.1 Å². The molecule has 4 nitrogen and oxygen atoms in total. The average molecular weight is 348 g/mol. The van der Waals surface area contributed by atoms with Crippen LogP contribution in [0.3, 0.4) is 0 Å². The number of carbonyl (C=O) groups excluding carboxylic acids is 1. The molecule has 0 spiro atoms. The lowest BCUT2D eigenvalue weighted by Crippen LogP contribution is -2.18. The van der Waals surface area contributed by atoms with Crippen molar-refractivity contribution in [3.05, 3.63) is 78.9 Å². The summed E-state index contributed by atoms with van der Waals surface area (Å²) in [5.74, 6) is 1.15. The van der Waals surface area contributed by atoms with Gasteiger partial charge in [0.05, 0.1) is 6.61 Å². The highest BCUT2D eigenvalue weighted by Gasteiger charge is 2.12. The van der Waals surface area contributed by atoms with Crippen molar-refractivity contribution in [1.29, 1.82) is 0 Å². The van der Waals surface area contributed by atoms with Gasteiger partial charge >= 0.3 is 5.97 Å². The Bertz CT molecular complexity index is 859. The van der Waals surface area contributed by atoms with Crippen molar-refractivity contribution < 1.29 is 19.0 Å². The summed E-state index contributed by atoms with van der Waals surface area (Å²) in [7, 11) is 0. The molecule has 26 heavy (non-hydrogen) atoms. The van der Waals surface area contributed by atoms with Gasteiger partial charge in [-0.05, 0) is 30.7 Å². The highest BCUT2D eigenvalue weighted by atomic mass is 16.6. The highest BCUT2D eigenvalue weighted by Crippen LogP contribution is 2.30. The van der Waals surface area contributed by atoms with Gasteiger partial charge in [0, 0.05) is 5.56 Å². The van der Waals surface area contributed by atoms with Crippen LogP contribution in [-0.4, -0.2) is 19.2 Å². The van der Waals surface area contributed by atoms with Crippen LogP contribution in [0, 0.1) is 0 Å². The van der Waals surface area contributed by atoms with Crippen LogP contribution < -0.4 is 14.2 Å². The van der Waals surface area contributed by atoms with Gasteiger partial charge < -0.3 is 14.2 Å². The maximum atomic E-state index is 12.3. The Morgan fingerprint density at radius 1 is 0.731 bits per heavy atom. The summed E-state index contributed by atoms with van der Waals surface area (Å²) in [6.45, 7) is 2.22. The van der Waals surface area contributed by atoms with Crippen LogP contribution in [0.1, 0.15) is 6.92 Å². The van der Waals surface area contributed by atoms with E-state index in [1.54, 1.807) is 18.2 Å². The summed E-state index contributed by atoms with van der Waals surface area (Å²) in [6.07, 6.45) is 0. The normalized spacial score (nSPS) is 10.2. The predicted molar refractivity (Wildman–Crippen MR) is 101 cm³/mol. The van der Waals surface area contributed by atoms with Gasteiger partial charge in [0.15, 0.2) is 18.1 Å². The summed E-state index contributed by atoms with van der Waals surface area (Å²) in [6, 6.07) is 24.5. The monoisotopic (exact) mass is 348 g/mol. The van der Waals surface area contributed by atoms with Gasteiger partial charge in [0.25, 0.3) is 0 Å². The molecule has 0 N–H and O–H groups in total. The molecule has 3 aromatic rings. The van der Waals surface area contributed by atoms with E-state index in [9.17, 15) is 4.79 Å². The zero-order valence-corrected chi connectivity index (χ0v) is 14.6. The molecule has 0 fully saturated rings. The molecule has 3 rings (SSSR count). The van der Waals surface area contributed by atoms with Gasteiger partial charge in [0.1, 0.15) is 5.75 Å². The second kappa shape index (κ2) is 8.72. The molecule has 0 saturated carbocycles. The molecule has 0 radical (unpaired) electrons. The number of hydrogen-bond acceptors (Lipinski definition) is 4. The minimum absolute atomic E-state index is 0.201. The molecule has 0 aliphatic carbocycles. The summed E-state index contributed by atoms with van der Waals surface area (Å²) in [5.41, 5.74) is 1.84. The van der Waals surface area contributed by atoms with Crippen molar-refractivity contribution in [1.82, 2.24) is 0 Å². The first-order chi connectivity index (χ1) is 12.8. The first-order valence-electron chi connectivity index (χ1n) is 8.47. The van der Waals surface area contributed by atoms with Gasteiger partial charge in [-0.25, -0.2) is 4.79 Å². The van der Waals surface area contributed by atoms with E-state index in [4.69, 9.17) is 14.2 Å². The summed E-state index contributed by atoms with van der Waals surface area (Å²) in [4.78, 5) is 12.3. The van der Waals surface area contributed by atoms with E-state index in [0.29, 0.717) is 23.9 Å². The minimum Gasteiger partial charge on any atom is -0.490 e. The second-order valence-corrected chi connectivity index (χ2v) is 5.50. The van der Waals surface area contributed by atoms with Crippen molar-refractivity contribution in [3.8, 4) is 28.4 Å². The zero-order valence-electron chi connectivity index (χ0n) is 14.6. The van der Waals surface area contributed by atoms with E-state index in [-0.39, 0.29) is 6.61 Å². The number of rotatable bonds is 7. The van der Waals surface area contributed by atoms with Crippen molar-refractivity contribution in [2.24, 2.45) is 0 Å². The first kappa shape index (κ1) is 17.5. The molecule has 0 amide bonds. The first-order valence-corrected chi connectivity index (χ1v) is 8.47. The smallest absolute Gasteiger partial charge is 0.349 e. The quantitative estimate of drug-likeness (QED) is 0.457. The van der Waals surface area contributed by atoms with Crippen LogP contribution >= 0.6 is 0 Å². The van der Waals surface area contributed by atoms with E-state index in [2.05, 4.69) is 0 Å². The third-order valence-electron chi connectivity index (χ3n) is 3.69. The standard InChI is InChI=1S/C22H20O4/c1-2-24-20-14-8-9-15-21(20)25-16-22(23)26-19-13-7-6-12-18(19)17-10-4-3-5-11-17/h3-15H,2,16H2,1H3. The molecular formula is C22H20O4. The molecule has 3 aromatic carbocycles. The molecule has 0 aliphatic heterocycles. The van der Waals surface area contributed by atoms with E-state index in [0.717, 1.165) is 11.1 Å². The Morgan fingerprint density at radius 3 is 2.00 bits per heavy atom. The number of benzene rings is 3. The van der Waals surface area contributed by atoms with Crippen LogP contribution in [-0.2, 0) is 4.79 Å². The van der Waals surface area contributed by atoms with E-state index < -0.39 is 5.97 Å². The molecule has 4 heteroatoms.